The van der Waals surface area contributed by atoms with Crippen LogP contribution in [0, 0.1) is 0 Å². The third kappa shape index (κ3) is 32.1. The number of carbonyl (C=O) groups excluding carboxylic acids is 1. The van der Waals surface area contributed by atoms with E-state index in [2.05, 4.69) is 19.2 Å². The normalized spacial score (nSPS) is 14.7. The van der Waals surface area contributed by atoms with Crippen molar-refractivity contribution in [2.45, 2.75) is 193 Å². The highest BCUT2D eigenvalue weighted by atomic mass is 31.2. The van der Waals surface area contributed by atoms with Gasteiger partial charge in [-0.1, -0.05) is 162 Å². The quantitative estimate of drug-likeness (QED) is 0.0350. The molecule has 0 fully saturated rings. The number of amides is 1. The fraction of sp³-hybridized carbons (Fsp3) is 0.973. The number of nitrogens with zero attached hydrogens (tertiary/aromatic N) is 1. The van der Waals surface area contributed by atoms with Crippen molar-refractivity contribution in [3.8, 4) is 0 Å². The van der Waals surface area contributed by atoms with Crippen LogP contribution in [-0.2, 0) is 18.4 Å². The van der Waals surface area contributed by atoms with Crippen LogP contribution < -0.4 is 5.32 Å². The number of likely N-dealkylation sites (N-methyl/N-ethyl adjacent to an activating group) is 1. The summed E-state index contributed by atoms with van der Waals surface area (Å²) in [4.78, 5) is 22.9. The van der Waals surface area contributed by atoms with E-state index >= 15 is 0 Å². The molecule has 1 amide bonds. The molecule has 0 aromatic heterocycles. The molecule has 0 heterocycles. The Hall–Kier alpha value is -0.500. The van der Waals surface area contributed by atoms with Crippen LogP contribution in [0.4, 0.5) is 0 Å². The molecule has 0 aliphatic heterocycles. The summed E-state index contributed by atoms with van der Waals surface area (Å²) in [5, 5.41) is 13.8. The second kappa shape index (κ2) is 30.6. The number of aliphatic hydroxyl groups excluding tert-OH is 1. The molecular formula is C37H78N2O6P+. The van der Waals surface area contributed by atoms with Gasteiger partial charge in [-0.2, -0.15) is 0 Å². The van der Waals surface area contributed by atoms with Crippen molar-refractivity contribution in [2.24, 2.45) is 0 Å². The number of phosphoric ester groups is 1. The Morgan fingerprint density at radius 1 is 0.652 bits per heavy atom. The number of aliphatic hydroxyl groups is 1. The maximum absolute atomic E-state index is 12.7. The summed E-state index contributed by atoms with van der Waals surface area (Å²) in [6.07, 6.45) is 29.9. The average Bonchev–Trinajstić information content (AvgIpc) is 2.99. The van der Waals surface area contributed by atoms with Gasteiger partial charge in [0.1, 0.15) is 13.2 Å². The lowest BCUT2D eigenvalue weighted by atomic mass is 10.0. The predicted molar refractivity (Wildman–Crippen MR) is 194 cm³/mol. The number of quaternary nitrogens is 1. The van der Waals surface area contributed by atoms with Crippen LogP contribution in [0.3, 0.4) is 0 Å². The highest BCUT2D eigenvalue weighted by Gasteiger charge is 2.28. The van der Waals surface area contributed by atoms with Gasteiger partial charge in [0.25, 0.3) is 0 Å². The zero-order valence-electron chi connectivity index (χ0n) is 31.1. The van der Waals surface area contributed by atoms with Gasteiger partial charge in [-0.05, 0) is 12.8 Å². The van der Waals surface area contributed by atoms with E-state index in [1.807, 2.05) is 21.1 Å². The molecular weight excluding hydrogens is 599 g/mol. The van der Waals surface area contributed by atoms with Crippen LogP contribution in [-0.4, -0.2) is 73.4 Å². The van der Waals surface area contributed by atoms with Crippen molar-refractivity contribution in [2.75, 3.05) is 40.9 Å². The number of unbranched alkanes of at least 4 members (excludes halogenated alkanes) is 22. The van der Waals surface area contributed by atoms with Crippen molar-refractivity contribution in [3.63, 3.8) is 0 Å². The number of hydrogen-bond acceptors (Lipinski definition) is 5. The molecule has 8 nitrogen and oxygen atoms in total. The van der Waals surface area contributed by atoms with E-state index < -0.39 is 20.0 Å². The standard InChI is InChI=1S/C37H77N2O6P/c1-6-8-10-12-14-15-16-17-18-19-20-21-22-23-25-26-28-30-36(40)35(34-45-46(42,43)44-33-32-39(3,4)5)38-37(41)31-29-27-24-13-11-9-7-2/h35-36,40H,6-34H2,1-5H3,(H-,38,41,42,43)/p+1. The Kier molecular flexibility index (Phi) is 30.2. The van der Waals surface area contributed by atoms with Crippen molar-refractivity contribution in [3.05, 3.63) is 0 Å². The second-order valence-electron chi connectivity index (χ2n) is 14.7. The van der Waals surface area contributed by atoms with Gasteiger partial charge in [-0.25, -0.2) is 4.57 Å². The van der Waals surface area contributed by atoms with E-state index in [0.717, 1.165) is 38.5 Å². The predicted octanol–water partition coefficient (Wildman–Crippen LogP) is 9.85. The molecule has 0 bridgehead atoms. The molecule has 0 rings (SSSR count). The van der Waals surface area contributed by atoms with E-state index in [0.29, 0.717) is 23.9 Å². The Bertz CT molecular complexity index is 733. The maximum atomic E-state index is 12.7. The monoisotopic (exact) mass is 678 g/mol. The molecule has 3 atom stereocenters. The van der Waals surface area contributed by atoms with E-state index in [1.165, 1.54) is 116 Å². The third-order valence-corrected chi connectivity index (χ3v) is 9.84. The van der Waals surface area contributed by atoms with Gasteiger partial charge >= 0.3 is 7.82 Å². The van der Waals surface area contributed by atoms with Crippen molar-refractivity contribution in [1.29, 1.82) is 0 Å². The molecule has 0 aliphatic rings. The minimum atomic E-state index is -4.29. The molecule has 0 aromatic carbocycles. The molecule has 0 radical (unpaired) electrons. The zero-order valence-corrected chi connectivity index (χ0v) is 32.0. The van der Waals surface area contributed by atoms with Crippen LogP contribution in [0.25, 0.3) is 0 Å². The van der Waals surface area contributed by atoms with Gasteiger partial charge in [-0.3, -0.25) is 13.8 Å². The molecule has 0 saturated carbocycles. The van der Waals surface area contributed by atoms with Crippen LogP contribution in [0.1, 0.15) is 181 Å². The van der Waals surface area contributed by atoms with E-state index in [9.17, 15) is 19.4 Å². The lowest BCUT2D eigenvalue weighted by Crippen LogP contribution is -2.46. The number of phosphoric acid groups is 1. The smallest absolute Gasteiger partial charge is 0.391 e. The summed E-state index contributed by atoms with van der Waals surface area (Å²) in [6, 6.07) is -0.749. The van der Waals surface area contributed by atoms with Gasteiger partial charge in [0.2, 0.25) is 5.91 Å². The molecule has 46 heavy (non-hydrogen) atoms. The molecule has 3 N–H and O–H groups in total. The second-order valence-corrected chi connectivity index (χ2v) is 16.1. The number of rotatable bonds is 35. The molecule has 0 saturated heterocycles. The van der Waals surface area contributed by atoms with E-state index in [-0.39, 0.29) is 19.1 Å². The first-order chi connectivity index (χ1) is 22.0. The average molecular weight is 678 g/mol. The lowest BCUT2D eigenvalue weighted by Gasteiger charge is -2.26. The van der Waals surface area contributed by atoms with Gasteiger partial charge < -0.3 is 19.8 Å². The summed E-state index contributed by atoms with van der Waals surface area (Å²) < 4.78 is 23.4. The van der Waals surface area contributed by atoms with Crippen molar-refractivity contribution in [1.82, 2.24) is 5.32 Å². The summed E-state index contributed by atoms with van der Waals surface area (Å²) in [7, 11) is 1.62. The maximum Gasteiger partial charge on any atom is 0.472 e. The van der Waals surface area contributed by atoms with Gasteiger partial charge in [0.15, 0.2) is 0 Å². The molecule has 9 heteroatoms. The molecule has 276 valence electrons. The fourth-order valence-corrected chi connectivity index (χ4v) is 6.43. The van der Waals surface area contributed by atoms with Gasteiger partial charge in [-0.15, -0.1) is 0 Å². The van der Waals surface area contributed by atoms with Crippen LogP contribution in [0.2, 0.25) is 0 Å². The SMILES string of the molecule is CCCCCCCCCCCCCCCCCCCC(O)C(COP(=O)(O)OCC[N+](C)(C)C)NC(=O)CCCCCCCCC. The molecule has 0 aliphatic carbocycles. The van der Waals surface area contributed by atoms with Crippen molar-refractivity contribution >= 4 is 13.7 Å². The fourth-order valence-electron chi connectivity index (χ4n) is 5.69. The highest BCUT2D eigenvalue weighted by molar-refractivity contribution is 7.47. The van der Waals surface area contributed by atoms with Crippen molar-refractivity contribution < 1.29 is 32.9 Å². The molecule has 3 unspecified atom stereocenters. The largest absolute Gasteiger partial charge is 0.472 e. The van der Waals surface area contributed by atoms with E-state index in [4.69, 9.17) is 9.05 Å². The Labute approximate surface area is 285 Å². The van der Waals surface area contributed by atoms with Gasteiger partial charge in [0, 0.05) is 6.42 Å². The number of nitrogens with one attached hydrogen (secondary N) is 1. The Morgan fingerprint density at radius 3 is 1.46 bits per heavy atom. The first-order valence-corrected chi connectivity index (χ1v) is 20.9. The summed E-state index contributed by atoms with van der Waals surface area (Å²) >= 11 is 0. The number of carbonyl (C=O) groups is 1. The summed E-state index contributed by atoms with van der Waals surface area (Å²) in [6.45, 7) is 4.84. The van der Waals surface area contributed by atoms with Crippen LogP contribution in [0.15, 0.2) is 0 Å². The highest BCUT2D eigenvalue weighted by Crippen LogP contribution is 2.43. The summed E-state index contributed by atoms with van der Waals surface area (Å²) in [5.74, 6) is -0.151. The Morgan fingerprint density at radius 2 is 1.04 bits per heavy atom. The van der Waals surface area contributed by atoms with Crippen LogP contribution in [0.5, 0.6) is 0 Å². The molecule has 0 spiro atoms. The number of hydrogen-bond donors (Lipinski definition) is 3. The first-order valence-electron chi connectivity index (χ1n) is 19.4. The van der Waals surface area contributed by atoms with Gasteiger partial charge in [0.05, 0.1) is 39.9 Å². The minimum absolute atomic E-state index is 0.0777. The van der Waals surface area contributed by atoms with Crippen LogP contribution >= 0.6 is 7.82 Å². The Balaban J connectivity index is 4.31. The zero-order chi connectivity index (χ0) is 34.4. The third-order valence-electron chi connectivity index (χ3n) is 8.86. The van der Waals surface area contributed by atoms with E-state index in [1.54, 1.807) is 0 Å². The molecule has 0 aromatic rings. The lowest BCUT2D eigenvalue weighted by molar-refractivity contribution is -0.870. The first kappa shape index (κ1) is 45.5. The summed E-state index contributed by atoms with van der Waals surface area (Å²) in [5.41, 5.74) is 0. The topological polar surface area (TPSA) is 105 Å². The minimum Gasteiger partial charge on any atom is -0.391 e.